The van der Waals surface area contributed by atoms with E-state index in [9.17, 15) is 14.0 Å². The molecule has 0 unspecified atom stereocenters. The Morgan fingerprint density at radius 3 is 2.89 bits per heavy atom. The Hall–Kier alpha value is -3.29. The zero-order valence-electron chi connectivity index (χ0n) is 14.6. The summed E-state index contributed by atoms with van der Waals surface area (Å²) < 4.78 is 20.1. The molecular weight excluding hydrogens is 351 g/mol. The van der Waals surface area contributed by atoms with Crippen LogP contribution in [0, 0.1) is 12.7 Å². The van der Waals surface area contributed by atoms with Crippen LogP contribution < -0.4 is 10.9 Å². The molecule has 3 aromatic rings. The van der Waals surface area contributed by atoms with Crippen molar-refractivity contribution in [2.45, 2.75) is 32.2 Å². The molecule has 1 saturated carbocycles. The summed E-state index contributed by atoms with van der Waals surface area (Å²) >= 11 is 0. The van der Waals surface area contributed by atoms with Crippen LogP contribution in [0.3, 0.4) is 0 Å². The molecule has 0 aliphatic heterocycles. The predicted octanol–water partition coefficient (Wildman–Crippen LogP) is 2.86. The summed E-state index contributed by atoms with van der Waals surface area (Å²) in [5.74, 6) is 0.485. The van der Waals surface area contributed by atoms with Crippen LogP contribution >= 0.6 is 0 Å². The lowest BCUT2D eigenvalue weighted by molar-refractivity contribution is -0.116. The number of carbonyl (C=O) groups is 1. The number of aromatic nitrogens is 3. The van der Waals surface area contributed by atoms with E-state index in [4.69, 9.17) is 4.52 Å². The van der Waals surface area contributed by atoms with E-state index < -0.39 is 11.7 Å². The third-order valence-electron chi connectivity index (χ3n) is 4.38. The summed E-state index contributed by atoms with van der Waals surface area (Å²) in [6, 6.07) is 7.34. The maximum atomic E-state index is 13.6. The van der Waals surface area contributed by atoms with Crippen LogP contribution in [-0.2, 0) is 11.3 Å². The van der Waals surface area contributed by atoms with E-state index in [1.807, 2.05) is 0 Å². The van der Waals surface area contributed by atoms with Gasteiger partial charge in [0.2, 0.25) is 5.91 Å². The van der Waals surface area contributed by atoms with Crippen LogP contribution in [0.15, 0.2) is 45.8 Å². The van der Waals surface area contributed by atoms with Crippen molar-refractivity contribution >= 4 is 11.6 Å². The number of hydrogen-bond acceptors (Lipinski definition) is 5. The summed E-state index contributed by atoms with van der Waals surface area (Å²) in [7, 11) is 0. The van der Waals surface area contributed by atoms with Gasteiger partial charge in [-0.15, -0.1) is 0 Å². The molecule has 0 bridgehead atoms. The Morgan fingerprint density at radius 2 is 2.15 bits per heavy atom. The van der Waals surface area contributed by atoms with Crippen molar-refractivity contribution < 1.29 is 13.7 Å². The maximum absolute atomic E-state index is 13.6. The van der Waals surface area contributed by atoms with Gasteiger partial charge in [-0.2, -0.15) is 4.98 Å². The number of carbonyl (C=O) groups excluding carboxylic acids is 1. The van der Waals surface area contributed by atoms with Crippen molar-refractivity contribution in [3.8, 4) is 11.5 Å². The van der Waals surface area contributed by atoms with E-state index in [0.29, 0.717) is 34.4 Å². The van der Waals surface area contributed by atoms with Gasteiger partial charge in [-0.05, 0) is 43.5 Å². The van der Waals surface area contributed by atoms with Gasteiger partial charge in [-0.1, -0.05) is 11.2 Å². The second-order valence-corrected chi connectivity index (χ2v) is 6.63. The Balaban J connectivity index is 1.51. The van der Waals surface area contributed by atoms with E-state index >= 15 is 0 Å². The average Bonchev–Trinajstić information content (AvgIpc) is 3.37. The molecule has 0 saturated heterocycles. The first-order valence-electron chi connectivity index (χ1n) is 8.60. The van der Waals surface area contributed by atoms with Crippen molar-refractivity contribution in [2.24, 2.45) is 0 Å². The fraction of sp³-hybridized carbons (Fsp3) is 0.263. The van der Waals surface area contributed by atoms with Crippen LogP contribution in [-0.4, -0.2) is 20.6 Å². The average molecular weight is 368 g/mol. The fourth-order valence-electron chi connectivity index (χ4n) is 2.67. The van der Waals surface area contributed by atoms with Gasteiger partial charge in [0.15, 0.2) is 5.82 Å². The molecule has 0 atom stereocenters. The highest BCUT2D eigenvalue weighted by molar-refractivity contribution is 5.90. The number of benzene rings is 1. The molecule has 27 heavy (non-hydrogen) atoms. The number of aryl methyl sites for hydroxylation is 1. The van der Waals surface area contributed by atoms with Crippen LogP contribution in [0.25, 0.3) is 11.5 Å². The number of halogens is 1. The number of pyridine rings is 1. The monoisotopic (exact) mass is 368 g/mol. The van der Waals surface area contributed by atoms with Crippen molar-refractivity contribution in [3.63, 3.8) is 0 Å². The van der Waals surface area contributed by atoms with Crippen LogP contribution in [0.2, 0.25) is 0 Å². The lowest BCUT2D eigenvalue weighted by Gasteiger charge is -2.09. The number of rotatable bonds is 5. The lowest BCUT2D eigenvalue weighted by Crippen LogP contribution is -2.26. The highest BCUT2D eigenvalue weighted by Crippen LogP contribution is 2.38. The fourth-order valence-corrected chi connectivity index (χ4v) is 2.67. The Labute approximate surface area is 153 Å². The summed E-state index contributed by atoms with van der Waals surface area (Å²) in [5.41, 5.74) is 1.04. The van der Waals surface area contributed by atoms with Gasteiger partial charge < -0.3 is 14.4 Å². The standard InChI is InChI=1S/C19H17FN4O3/c1-11-2-6-14(8-15(11)20)21-16(25)10-24-9-13(5-7-17(24)26)19-22-18(23-27-19)12-3-4-12/h2,5-9,12H,3-4,10H2,1H3,(H,21,25). The second-order valence-electron chi connectivity index (χ2n) is 6.63. The SMILES string of the molecule is Cc1ccc(NC(=O)Cn2cc(-c3nc(C4CC4)no3)ccc2=O)cc1F. The molecule has 1 fully saturated rings. The van der Waals surface area contributed by atoms with Crippen molar-refractivity contribution in [3.05, 3.63) is 64.1 Å². The van der Waals surface area contributed by atoms with Gasteiger partial charge in [0.1, 0.15) is 12.4 Å². The second kappa shape index (κ2) is 6.79. The normalized spacial score (nSPS) is 13.6. The smallest absolute Gasteiger partial charge is 0.259 e. The number of amides is 1. The van der Waals surface area contributed by atoms with Gasteiger partial charge in [-0.3, -0.25) is 9.59 Å². The molecule has 1 amide bonds. The minimum atomic E-state index is -0.443. The van der Waals surface area contributed by atoms with Crippen LogP contribution in [0.1, 0.15) is 30.1 Å². The zero-order valence-corrected chi connectivity index (χ0v) is 14.6. The predicted molar refractivity (Wildman–Crippen MR) is 95.7 cm³/mol. The molecule has 0 spiro atoms. The van der Waals surface area contributed by atoms with Gasteiger partial charge in [0.25, 0.3) is 11.4 Å². The molecule has 2 heterocycles. The molecule has 1 aliphatic carbocycles. The minimum absolute atomic E-state index is 0.216. The van der Waals surface area contributed by atoms with Gasteiger partial charge in [0, 0.05) is 23.9 Å². The molecule has 1 N–H and O–H groups in total. The first-order valence-corrected chi connectivity index (χ1v) is 8.60. The Morgan fingerprint density at radius 1 is 1.33 bits per heavy atom. The van der Waals surface area contributed by atoms with E-state index in [0.717, 1.165) is 12.8 Å². The number of nitrogens with one attached hydrogen (secondary N) is 1. The maximum Gasteiger partial charge on any atom is 0.259 e. The van der Waals surface area contributed by atoms with E-state index in [1.165, 1.54) is 22.9 Å². The topological polar surface area (TPSA) is 90.0 Å². The van der Waals surface area contributed by atoms with Crippen molar-refractivity contribution in [2.75, 3.05) is 5.32 Å². The molecular formula is C19H17FN4O3. The van der Waals surface area contributed by atoms with Gasteiger partial charge >= 0.3 is 0 Å². The largest absolute Gasteiger partial charge is 0.334 e. The van der Waals surface area contributed by atoms with Crippen LogP contribution in [0.5, 0.6) is 0 Å². The highest BCUT2D eigenvalue weighted by atomic mass is 19.1. The Kier molecular flexibility index (Phi) is 4.31. The van der Waals surface area contributed by atoms with E-state index in [2.05, 4.69) is 15.5 Å². The Bertz CT molecular complexity index is 1070. The lowest BCUT2D eigenvalue weighted by atomic mass is 10.2. The molecule has 138 valence electrons. The zero-order chi connectivity index (χ0) is 19.0. The number of nitrogens with zero attached hydrogens (tertiary/aromatic N) is 3. The molecule has 4 rings (SSSR count). The first-order chi connectivity index (χ1) is 13.0. The molecule has 2 aromatic heterocycles. The summed E-state index contributed by atoms with van der Waals surface area (Å²) in [6.07, 6.45) is 3.61. The summed E-state index contributed by atoms with van der Waals surface area (Å²) in [5, 5.41) is 6.53. The molecule has 0 radical (unpaired) electrons. The molecule has 7 nitrogen and oxygen atoms in total. The van der Waals surface area contributed by atoms with Gasteiger partial charge in [0.05, 0.1) is 5.56 Å². The van der Waals surface area contributed by atoms with Crippen LogP contribution in [0.4, 0.5) is 10.1 Å². The third-order valence-corrected chi connectivity index (χ3v) is 4.38. The third kappa shape index (κ3) is 3.79. The quantitative estimate of drug-likeness (QED) is 0.748. The molecule has 1 aliphatic rings. The van der Waals surface area contributed by atoms with E-state index in [-0.39, 0.29) is 12.1 Å². The molecule has 8 heteroatoms. The summed E-state index contributed by atoms with van der Waals surface area (Å²) in [6.45, 7) is 1.42. The van der Waals surface area contributed by atoms with Crippen molar-refractivity contribution in [1.82, 2.24) is 14.7 Å². The van der Waals surface area contributed by atoms with E-state index in [1.54, 1.807) is 25.1 Å². The van der Waals surface area contributed by atoms with Crippen molar-refractivity contribution in [1.29, 1.82) is 0 Å². The highest BCUT2D eigenvalue weighted by Gasteiger charge is 2.29. The first kappa shape index (κ1) is 17.1. The minimum Gasteiger partial charge on any atom is -0.334 e. The summed E-state index contributed by atoms with van der Waals surface area (Å²) in [4.78, 5) is 28.6. The molecule has 1 aromatic carbocycles. The number of anilines is 1. The number of hydrogen-bond donors (Lipinski definition) is 1. The van der Waals surface area contributed by atoms with Gasteiger partial charge in [-0.25, -0.2) is 4.39 Å².